The molecule has 0 radical (unpaired) electrons. The SMILES string of the molecule is Cc1ccc(Oc2nc(Br)cs2)c(C(=O)O)c1. The summed E-state index contributed by atoms with van der Waals surface area (Å²) in [4.78, 5) is 15.1. The van der Waals surface area contributed by atoms with Crippen molar-refractivity contribution in [3.8, 4) is 10.9 Å². The summed E-state index contributed by atoms with van der Waals surface area (Å²) < 4.78 is 6.11. The molecule has 2 aromatic rings. The number of hydrogen-bond acceptors (Lipinski definition) is 4. The molecule has 1 N–H and O–H groups in total. The van der Waals surface area contributed by atoms with E-state index in [2.05, 4.69) is 20.9 Å². The van der Waals surface area contributed by atoms with Gasteiger partial charge in [0.2, 0.25) is 0 Å². The van der Waals surface area contributed by atoms with Gasteiger partial charge in [0.1, 0.15) is 15.9 Å². The Kier molecular flexibility index (Phi) is 3.44. The van der Waals surface area contributed by atoms with E-state index in [1.54, 1.807) is 23.6 Å². The quantitative estimate of drug-likeness (QED) is 0.938. The first-order chi connectivity index (χ1) is 8.06. The summed E-state index contributed by atoms with van der Waals surface area (Å²) in [5.41, 5.74) is 1.01. The molecule has 88 valence electrons. The van der Waals surface area contributed by atoms with Crippen LogP contribution in [0.2, 0.25) is 0 Å². The summed E-state index contributed by atoms with van der Waals surface area (Å²) in [5, 5.41) is 11.2. The zero-order chi connectivity index (χ0) is 12.4. The maximum atomic E-state index is 11.1. The second kappa shape index (κ2) is 4.85. The molecule has 0 atom stereocenters. The normalized spacial score (nSPS) is 10.2. The van der Waals surface area contributed by atoms with E-state index in [1.165, 1.54) is 11.3 Å². The van der Waals surface area contributed by atoms with E-state index in [0.29, 0.717) is 15.5 Å². The first-order valence-electron chi connectivity index (χ1n) is 4.69. The van der Waals surface area contributed by atoms with Crippen LogP contribution in [0, 0.1) is 6.92 Å². The summed E-state index contributed by atoms with van der Waals surface area (Å²) in [5.74, 6) is -0.718. The number of rotatable bonds is 3. The van der Waals surface area contributed by atoms with Gasteiger partial charge in [-0.1, -0.05) is 23.0 Å². The van der Waals surface area contributed by atoms with Crippen LogP contribution in [0.4, 0.5) is 0 Å². The minimum Gasteiger partial charge on any atom is -0.478 e. The third-order valence-corrected chi connectivity index (χ3v) is 3.44. The van der Waals surface area contributed by atoms with E-state index in [1.807, 2.05) is 6.92 Å². The molecule has 0 saturated carbocycles. The van der Waals surface area contributed by atoms with Crippen LogP contribution in [-0.2, 0) is 0 Å². The molecule has 1 aromatic heterocycles. The van der Waals surface area contributed by atoms with E-state index >= 15 is 0 Å². The van der Waals surface area contributed by atoms with Crippen molar-refractivity contribution in [3.05, 3.63) is 39.3 Å². The van der Waals surface area contributed by atoms with E-state index in [-0.39, 0.29) is 5.56 Å². The molecular formula is C11H8BrNO3S. The molecule has 0 spiro atoms. The van der Waals surface area contributed by atoms with Gasteiger partial charge in [-0.15, -0.1) is 0 Å². The molecule has 0 unspecified atom stereocenters. The average Bonchev–Trinajstić information content (AvgIpc) is 2.66. The van der Waals surface area contributed by atoms with Crippen molar-refractivity contribution in [2.45, 2.75) is 6.92 Å². The lowest BCUT2D eigenvalue weighted by Gasteiger charge is -2.06. The summed E-state index contributed by atoms with van der Waals surface area (Å²) in [7, 11) is 0. The zero-order valence-electron chi connectivity index (χ0n) is 8.81. The average molecular weight is 314 g/mol. The van der Waals surface area contributed by atoms with Crippen molar-refractivity contribution >= 4 is 33.2 Å². The summed E-state index contributed by atoms with van der Waals surface area (Å²) in [6.07, 6.45) is 0. The van der Waals surface area contributed by atoms with E-state index in [0.717, 1.165) is 5.56 Å². The first kappa shape index (κ1) is 12.1. The Morgan fingerprint density at radius 2 is 2.29 bits per heavy atom. The fraction of sp³-hybridized carbons (Fsp3) is 0.0909. The van der Waals surface area contributed by atoms with Crippen LogP contribution in [0.25, 0.3) is 0 Å². The lowest BCUT2D eigenvalue weighted by atomic mass is 10.1. The Morgan fingerprint density at radius 1 is 1.53 bits per heavy atom. The third-order valence-electron chi connectivity index (χ3n) is 2.02. The molecule has 0 aliphatic rings. The van der Waals surface area contributed by atoms with Crippen LogP contribution in [0.1, 0.15) is 15.9 Å². The number of aromatic nitrogens is 1. The second-order valence-electron chi connectivity index (χ2n) is 3.34. The van der Waals surface area contributed by atoms with Gasteiger partial charge in [-0.2, -0.15) is 4.98 Å². The number of aromatic carboxylic acids is 1. The van der Waals surface area contributed by atoms with Crippen LogP contribution in [0.5, 0.6) is 10.9 Å². The number of carboxylic acids is 1. The Bertz CT molecular complexity index is 568. The molecule has 0 aliphatic carbocycles. The monoisotopic (exact) mass is 313 g/mol. The molecule has 0 amide bonds. The molecule has 0 fully saturated rings. The van der Waals surface area contributed by atoms with Gasteiger partial charge in [0.15, 0.2) is 0 Å². The number of thiazole rings is 1. The number of ether oxygens (including phenoxy) is 1. The smallest absolute Gasteiger partial charge is 0.339 e. The maximum absolute atomic E-state index is 11.1. The fourth-order valence-corrected chi connectivity index (χ4v) is 2.38. The number of carboxylic acid groups (broad SMARTS) is 1. The van der Waals surface area contributed by atoms with Crippen molar-refractivity contribution < 1.29 is 14.6 Å². The minimum absolute atomic E-state index is 0.135. The molecule has 2 rings (SSSR count). The molecular weight excluding hydrogens is 306 g/mol. The maximum Gasteiger partial charge on any atom is 0.339 e. The largest absolute Gasteiger partial charge is 0.478 e. The molecule has 0 bridgehead atoms. The highest BCUT2D eigenvalue weighted by molar-refractivity contribution is 9.10. The molecule has 1 heterocycles. The van der Waals surface area contributed by atoms with Gasteiger partial charge < -0.3 is 9.84 Å². The van der Waals surface area contributed by atoms with Crippen molar-refractivity contribution in [3.63, 3.8) is 0 Å². The Hall–Kier alpha value is -1.40. The predicted molar refractivity (Wildman–Crippen MR) is 68.0 cm³/mol. The Morgan fingerprint density at radius 3 is 2.88 bits per heavy atom. The van der Waals surface area contributed by atoms with Crippen molar-refractivity contribution in [2.75, 3.05) is 0 Å². The van der Waals surface area contributed by atoms with E-state index in [4.69, 9.17) is 9.84 Å². The number of aryl methyl sites for hydroxylation is 1. The predicted octanol–water partition coefficient (Wildman–Crippen LogP) is 3.70. The molecule has 0 saturated heterocycles. The highest BCUT2D eigenvalue weighted by atomic mass is 79.9. The van der Waals surface area contributed by atoms with Gasteiger partial charge in [0.25, 0.3) is 5.19 Å². The Balaban J connectivity index is 2.35. The Labute approximate surface area is 110 Å². The lowest BCUT2D eigenvalue weighted by Crippen LogP contribution is -2.00. The topological polar surface area (TPSA) is 59.4 Å². The van der Waals surface area contributed by atoms with Crippen LogP contribution >= 0.6 is 27.3 Å². The molecule has 0 aliphatic heterocycles. The standard InChI is InChI=1S/C11H8BrNO3S/c1-6-2-3-8(7(4-6)10(14)15)16-11-13-9(12)5-17-11/h2-5H,1H3,(H,14,15). The lowest BCUT2D eigenvalue weighted by molar-refractivity contribution is 0.0694. The third kappa shape index (κ3) is 2.83. The minimum atomic E-state index is -1.01. The van der Waals surface area contributed by atoms with E-state index < -0.39 is 5.97 Å². The van der Waals surface area contributed by atoms with Gasteiger partial charge in [-0.3, -0.25) is 0 Å². The fourth-order valence-electron chi connectivity index (χ4n) is 1.28. The molecule has 1 aromatic carbocycles. The summed E-state index contributed by atoms with van der Waals surface area (Å²) in [6, 6.07) is 5.00. The van der Waals surface area contributed by atoms with Crippen molar-refractivity contribution in [1.82, 2.24) is 4.98 Å². The van der Waals surface area contributed by atoms with Crippen LogP contribution in [0.3, 0.4) is 0 Å². The van der Waals surface area contributed by atoms with Crippen LogP contribution < -0.4 is 4.74 Å². The van der Waals surface area contributed by atoms with Gasteiger partial charge in [0, 0.05) is 5.38 Å². The van der Waals surface area contributed by atoms with Crippen LogP contribution in [-0.4, -0.2) is 16.1 Å². The number of hydrogen-bond donors (Lipinski definition) is 1. The summed E-state index contributed by atoms with van der Waals surface area (Å²) >= 11 is 4.50. The van der Waals surface area contributed by atoms with Gasteiger partial charge >= 0.3 is 5.97 Å². The molecule has 17 heavy (non-hydrogen) atoms. The molecule has 4 nitrogen and oxygen atoms in total. The highest BCUT2D eigenvalue weighted by Gasteiger charge is 2.13. The zero-order valence-corrected chi connectivity index (χ0v) is 11.2. The van der Waals surface area contributed by atoms with Crippen molar-refractivity contribution in [1.29, 1.82) is 0 Å². The van der Waals surface area contributed by atoms with Gasteiger partial charge in [-0.25, -0.2) is 4.79 Å². The highest BCUT2D eigenvalue weighted by Crippen LogP contribution is 2.30. The number of carbonyl (C=O) groups is 1. The van der Waals surface area contributed by atoms with Gasteiger partial charge in [0.05, 0.1) is 0 Å². The number of nitrogens with zero attached hydrogens (tertiary/aromatic N) is 1. The molecule has 6 heteroatoms. The van der Waals surface area contributed by atoms with E-state index in [9.17, 15) is 4.79 Å². The number of halogens is 1. The van der Waals surface area contributed by atoms with Gasteiger partial charge in [-0.05, 0) is 35.0 Å². The van der Waals surface area contributed by atoms with Crippen molar-refractivity contribution in [2.24, 2.45) is 0 Å². The van der Waals surface area contributed by atoms with Crippen LogP contribution in [0.15, 0.2) is 28.2 Å². The number of benzene rings is 1. The first-order valence-corrected chi connectivity index (χ1v) is 6.36. The second-order valence-corrected chi connectivity index (χ2v) is 4.98. The summed E-state index contributed by atoms with van der Waals surface area (Å²) in [6.45, 7) is 1.83.